The number of hydrogen-bond acceptors (Lipinski definition) is 4. The molecule has 1 fully saturated rings. The van der Waals surface area contributed by atoms with Crippen molar-refractivity contribution in [1.29, 1.82) is 0 Å². The van der Waals surface area contributed by atoms with Gasteiger partial charge in [0.1, 0.15) is 5.82 Å². The number of halogens is 1. The summed E-state index contributed by atoms with van der Waals surface area (Å²) in [7, 11) is 2.02. The Bertz CT molecular complexity index is 1440. The second-order valence-corrected chi connectivity index (χ2v) is 9.70. The van der Waals surface area contributed by atoms with Gasteiger partial charge in [-0.15, -0.1) is 0 Å². The van der Waals surface area contributed by atoms with Crippen molar-refractivity contribution in [1.82, 2.24) is 20.0 Å². The first-order chi connectivity index (χ1) is 17.9. The Balaban J connectivity index is 1.35. The monoisotopic (exact) mass is 497 g/mol. The van der Waals surface area contributed by atoms with Crippen molar-refractivity contribution in [3.05, 3.63) is 90.5 Å². The first-order valence-electron chi connectivity index (χ1n) is 12.7. The van der Waals surface area contributed by atoms with Crippen LogP contribution in [0.15, 0.2) is 73.6 Å². The Kier molecular flexibility index (Phi) is 6.95. The number of anilines is 1. The van der Waals surface area contributed by atoms with Crippen LogP contribution in [0.25, 0.3) is 27.7 Å². The zero-order chi connectivity index (χ0) is 25.9. The van der Waals surface area contributed by atoms with Crippen molar-refractivity contribution in [2.45, 2.75) is 32.2 Å². The van der Waals surface area contributed by atoms with Gasteiger partial charge in [-0.25, -0.2) is 9.07 Å². The Morgan fingerprint density at radius 1 is 1.19 bits per heavy atom. The van der Waals surface area contributed by atoms with Gasteiger partial charge in [-0.05, 0) is 97.6 Å². The number of fused-ring (bicyclic) bond motifs is 1. The number of nitrogens with zero attached hydrogens (tertiary/aromatic N) is 3. The van der Waals surface area contributed by atoms with E-state index in [2.05, 4.69) is 39.3 Å². The largest absolute Gasteiger partial charge is 0.385 e. The second kappa shape index (κ2) is 10.5. The lowest BCUT2D eigenvalue weighted by molar-refractivity contribution is 0.0950. The average Bonchev–Trinajstić information content (AvgIpc) is 3.63. The molecule has 0 unspecified atom stereocenters. The average molecular weight is 498 g/mol. The SMILES string of the molecule is C=CN(C)CCCNc1ccc(-n2ncc3cc(-c4cc(C(=O)NC5CC5)cc(F)c4C)ccc32)cc1. The van der Waals surface area contributed by atoms with Crippen LogP contribution in [-0.4, -0.2) is 46.8 Å². The summed E-state index contributed by atoms with van der Waals surface area (Å²) in [6.07, 6.45) is 6.64. The standard InChI is InChI=1S/C30H32FN5O/c1-4-35(3)15-5-14-32-24-9-11-26(12-10-24)36-29-13-6-21(16-23(29)19-33-36)27-17-22(18-28(31)20(27)2)30(37)34-25-7-8-25/h4,6,9-13,16-19,25,32H,1,5,7-8,14-15H2,2-3H3,(H,34,37). The lowest BCUT2D eigenvalue weighted by Gasteiger charge is -2.13. The molecule has 4 aromatic rings. The van der Waals surface area contributed by atoms with Crippen LogP contribution in [0.3, 0.4) is 0 Å². The van der Waals surface area contributed by atoms with E-state index >= 15 is 0 Å². The third-order valence-electron chi connectivity index (χ3n) is 6.84. The third kappa shape index (κ3) is 5.50. The molecule has 7 heteroatoms. The number of carbonyl (C=O) groups excluding carboxylic acids is 1. The summed E-state index contributed by atoms with van der Waals surface area (Å²) in [5.41, 5.74) is 5.41. The van der Waals surface area contributed by atoms with Crippen LogP contribution in [0, 0.1) is 12.7 Å². The van der Waals surface area contributed by atoms with Crippen molar-refractivity contribution in [3.8, 4) is 16.8 Å². The molecule has 37 heavy (non-hydrogen) atoms. The van der Waals surface area contributed by atoms with E-state index in [1.165, 1.54) is 6.07 Å². The molecule has 0 bridgehead atoms. The number of hydrogen-bond donors (Lipinski definition) is 2. The van der Waals surface area contributed by atoms with Crippen LogP contribution < -0.4 is 10.6 Å². The number of aromatic nitrogens is 2. The molecule has 3 aromatic carbocycles. The lowest BCUT2D eigenvalue weighted by Crippen LogP contribution is -2.25. The van der Waals surface area contributed by atoms with E-state index in [0.29, 0.717) is 16.7 Å². The van der Waals surface area contributed by atoms with Gasteiger partial charge in [0, 0.05) is 42.8 Å². The molecule has 0 aliphatic heterocycles. The van der Waals surface area contributed by atoms with E-state index in [9.17, 15) is 9.18 Å². The van der Waals surface area contributed by atoms with Gasteiger partial charge in [0.25, 0.3) is 5.91 Å². The molecule has 1 aliphatic carbocycles. The summed E-state index contributed by atoms with van der Waals surface area (Å²) in [6.45, 7) is 7.35. The van der Waals surface area contributed by atoms with Crippen LogP contribution in [0.1, 0.15) is 35.2 Å². The third-order valence-corrected chi connectivity index (χ3v) is 6.84. The van der Waals surface area contributed by atoms with Gasteiger partial charge in [-0.2, -0.15) is 5.10 Å². The fraction of sp³-hybridized carbons (Fsp3) is 0.267. The summed E-state index contributed by atoms with van der Waals surface area (Å²) >= 11 is 0. The molecule has 0 saturated heterocycles. The second-order valence-electron chi connectivity index (χ2n) is 9.70. The smallest absolute Gasteiger partial charge is 0.251 e. The molecular weight excluding hydrogens is 465 g/mol. The van der Waals surface area contributed by atoms with Crippen LogP contribution in [0.5, 0.6) is 0 Å². The van der Waals surface area contributed by atoms with Crippen molar-refractivity contribution in [2.75, 3.05) is 25.5 Å². The molecule has 0 spiro atoms. The topological polar surface area (TPSA) is 62.2 Å². The predicted molar refractivity (Wildman–Crippen MR) is 148 cm³/mol. The molecule has 1 heterocycles. The molecular formula is C30H32FN5O. The van der Waals surface area contributed by atoms with Gasteiger partial charge in [0.15, 0.2) is 0 Å². The minimum Gasteiger partial charge on any atom is -0.385 e. The van der Waals surface area contributed by atoms with Gasteiger partial charge in [0.2, 0.25) is 0 Å². The minimum absolute atomic E-state index is 0.219. The van der Waals surface area contributed by atoms with Crippen molar-refractivity contribution >= 4 is 22.5 Å². The molecule has 190 valence electrons. The Labute approximate surface area is 216 Å². The maximum atomic E-state index is 14.8. The van der Waals surface area contributed by atoms with Crippen molar-refractivity contribution < 1.29 is 9.18 Å². The number of amides is 1. The fourth-order valence-corrected chi connectivity index (χ4v) is 4.39. The molecule has 5 rings (SSSR count). The minimum atomic E-state index is -0.379. The van der Waals surface area contributed by atoms with E-state index in [1.807, 2.05) is 54.5 Å². The summed E-state index contributed by atoms with van der Waals surface area (Å²) < 4.78 is 16.7. The molecule has 0 radical (unpaired) electrons. The summed E-state index contributed by atoms with van der Waals surface area (Å²) in [5.74, 6) is -0.603. The number of benzene rings is 3. The first kappa shape index (κ1) is 24.6. The molecule has 2 N–H and O–H groups in total. The van der Waals surface area contributed by atoms with Gasteiger partial charge in [-0.3, -0.25) is 4.79 Å². The van der Waals surface area contributed by atoms with E-state index in [4.69, 9.17) is 0 Å². The van der Waals surface area contributed by atoms with Crippen LogP contribution >= 0.6 is 0 Å². The highest BCUT2D eigenvalue weighted by Gasteiger charge is 2.24. The molecule has 1 saturated carbocycles. The van der Waals surface area contributed by atoms with Crippen LogP contribution in [0.4, 0.5) is 10.1 Å². The van der Waals surface area contributed by atoms with Gasteiger partial charge < -0.3 is 15.5 Å². The fourth-order valence-electron chi connectivity index (χ4n) is 4.39. The van der Waals surface area contributed by atoms with Gasteiger partial charge >= 0.3 is 0 Å². The van der Waals surface area contributed by atoms with Gasteiger partial charge in [-0.1, -0.05) is 12.6 Å². The Morgan fingerprint density at radius 2 is 1.97 bits per heavy atom. The first-order valence-corrected chi connectivity index (χ1v) is 12.7. The number of rotatable bonds is 10. The summed E-state index contributed by atoms with van der Waals surface area (Å²) in [5, 5.41) is 11.9. The maximum Gasteiger partial charge on any atom is 0.251 e. The number of carbonyl (C=O) groups is 1. The van der Waals surface area contributed by atoms with Crippen LogP contribution in [-0.2, 0) is 0 Å². The predicted octanol–water partition coefficient (Wildman–Crippen LogP) is 5.91. The summed E-state index contributed by atoms with van der Waals surface area (Å²) in [6, 6.07) is 17.5. The molecule has 1 aromatic heterocycles. The highest BCUT2D eigenvalue weighted by molar-refractivity contribution is 5.96. The van der Waals surface area contributed by atoms with Crippen molar-refractivity contribution in [2.24, 2.45) is 0 Å². The quantitative estimate of drug-likeness (QED) is 0.268. The molecule has 1 amide bonds. The highest BCUT2D eigenvalue weighted by Crippen LogP contribution is 2.31. The zero-order valence-electron chi connectivity index (χ0n) is 21.3. The Morgan fingerprint density at radius 3 is 2.70 bits per heavy atom. The van der Waals surface area contributed by atoms with E-state index in [0.717, 1.165) is 60.2 Å². The molecule has 6 nitrogen and oxygen atoms in total. The molecule has 0 atom stereocenters. The van der Waals surface area contributed by atoms with Crippen molar-refractivity contribution in [3.63, 3.8) is 0 Å². The normalized spacial score (nSPS) is 12.9. The van der Waals surface area contributed by atoms with E-state index in [1.54, 1.807) is 13.0 Å². The molecule has 1 aliphatic rings. The maximum absolute atomic E-state index is 14.8. The lowest BCUT2D eigenvalue weighted by atomic mass is 9.96. The zero-order valence-corrected chi connectivity index (χ0v) is 21.3. The van der Waals surface area contributed by atoms with Crippen LogP contribution in [0.2, 0.25) is 0 Å². The van der Waals surface area contributed by atoms with E-state index < -0.39 is 0 Å². The Hall–Kier alpha value is -4.13. The van der Waals surface area contributed by atoms with Gasteiger partial charge in [0.05, 0.1) is 17.4 Å². The summed E-state index contributed by atoms with van der Waals surface area (Å²) in [4.78, 5) is 14.6. The highest BCUT2D eigenvalue weighted by atomic mass is 19.1. The van der Waals surface area contributed by atoms with E-state index in [-0.39, 0.29) is 17.8 Å². The number of nitrogens with one attached hydrogen (secondary N) is 2.